The smallest absolute Gasteiger partial charge is 0.317 e. The highest BCUT2D eigenvalue weighted by molar-refractivity contribution is 5.80. The van der Waals surface area contributed by atoms with Crippen LogP contribution in [0.3, 0.4) is 0 Å². The van der Waals surface area contributed by atoms with Crippen LogP contribution in [0.4, 0.5) is 4.79 Å². The van der Waals surface area contributed by atoms with E-state index in [1.165, 1.54) is 18.4 Å². The van der Waals surface area contributed by atoms with Gasteiger partial charge in [-0.3, -0.25) is 4.79 Å². The van der Waals surface area contributed by atoms with Crippen molar-refractivity contribution in [3.63, 3.8) is 0 Å². The van der Waals surface area contributed by atoms with Gasteiger partial charge in [0.25, 0.3) is 0 Å². The van der Waals surface area contributed by atoms with Crippen molar-refractivity contribution in [1.82, 2.24) is 15.1 Å². The Hall–Kier alpha value is -2.08. The molecule has 6 nitrogen and oxygen atoms in total. The molecule has 3 aliphatic rings. The van der Waals surface area contributed by atoms with Crippen LogP contribution in [-0.4, -0.2) is 66.7 Å². The summed E-state index contributed by atoms with van der Waals surface area (Å²) in [6.07, 6.45) is 4.45. The highest BCUT2D eigenvalue weighted by atomic mass is 16.5. The Bertz CT molecular complexity index is 669. The van der Waals surface area contributed by atoms with Gasteiger partial charge >= 0.3 is 6.03 Å². The molecule has 1 aromatic carbocycles. The molecular formula is C21H29N3O3. The van der Waals surface area contributed by atoms with Crippen molar-refractivity contribution >= 4 is 11.9 Å². The SMILES string of the molecule is O=C(NCCc1ccccc1)N1CCC(=O)N(CC2CC2)C2(CCOC2)C1. The van der Waals surface area contributed by atoms with E-state index in [4.69, 9.17) is 4.74 Å². The second kappa shape index (κ2) is 7.89. The fourth-order valence-corrected chi connectivity index (χ4v) is 4.18. The lowest BCUT2D eigenvalue weighted by molar-refractivity contribution is -0.136. The molecular weight excluding hydrogens is 342 g/mol. The topological polar surface area (TPSA) is 61.9 Å². The van der Waals surface area contributed by atoms with Crippen LogP contribution in [-0.2, 0) is 16.0 Å². The summed E-state index contributed by atoms with van der Waals surface area (Å²) in [6.45, 7) is 3.69. The van der Waals surface area contributed by atoms with Gasteiger partial charge in [0.05, 0.1) is 12.1 Å². The van der Waals surface area contributed by atoms with Crippen LogP contribution in [0.1, 0.15) is 31.2 Å². The van der Waals surface area contributed by atoms with E-state index in [0.717, 1.165) is 19.4 Å². The van der Waals surface area contributed by atoms with Crippen LogP contribution in [0.5, 0.6) is 0 Å². The van der Waals surface area contributed by atoms with Crippen LogP contribution in [0.15, 0.2) is 30.3 Å². The Balaban J connectivity index is 1.39. The average molecular weight is 371 g/mol. The highest BCUT2D eigenvalue weighted by Crippen LogP contribution is 2.36. The number of ether oxygens (including phenoxy) is 1. The van der Waals surface area contributed by atoms with E-state index in [1.807, 2.05) is 23.1 Å². The van der Waals surface area contributed by atoms with Gasteiger partial charge in [-0.25, -0.2) is 4.79 Å². The van der Waals surface area contributed by atoms with E-state index < -0.39 is 0 Å². The molecule has 0 radical (unpaired) electrons. The summed E-state index contributed by atoms with van der Waals surface area (Å²) >= 11 is 0. The Labute approximate surface area is 160 Å². The molecule has 1 saturated carbocycles. The third-order valence-electron chi connectivity index (χ3n) is 5.99. The lowest BCUT2D eigenvalue weighted by Crippen LogP contribution is -2.58. The molecule has 0 aromatic heterocycles. The standard InChI is InChI=1S/C21H29N3O3/c25-19-9-12-23(20(26)22-11-8-17-4-2-1-3-5-17)15-21(10-13-27-16-21)24(19)14-18-6-7-18/h1-5,18H,6-16H2,(H,22,26). The van der Waals surface area contributed by atoms with Crippen LogP contribution in [0.2, 0.25) is 0 Å². The number of hydrogen-bond donors (Lipinski definition) is 1. The maximum absolute atomic E-state index is 12.8. The first-order chi connectivity index (χ1) is 13.2. The molecule has 3 amide bonds. The number of urea groups is 1. The van der Waals surface area contributed by atoms with E-state index in [1.54, 1.807) is 0 Å². The largest absolute Gasteiger partial charge is 0.379 e. The molecule has 1 aromatic rings. The number of hydrogen-bond acceptors (Lipinski definition) is 3. The van der Waals surface area contributed by atoms with E-state index in [-0.39, 0.29) is 17.5 Å². The van der Waals surface area contributed by atoms with Crippen molar-refractivity contribution < 1.29 is 14.3 Å². The molecule has 1 aliphatic carbocycles. The molecule has 1 spiro atoms. The van der Waals surface area contributed by atoms with Crippen molar-refractivity contribution in [2.45, 2.75) is 37.6 Å². The zero-order chi connectivity index (χ0) is 18.7. The van der Waals surface area contributed by atoms with Crippen LogP contribution in [0, 0.1) is 5.92 Å². The third-order valence-corrected chi connectivity index (χ3v) is 5.99. The van der Waals surface area contributed by atoms with Gasteiger partial charge in [-0.05, 0) is 37.2 Å². The first kappa shape index (κ1) is 18.3. The summed E-state index contributed by atoms with van der Waals surface area (Å²) in [7, 11) is 0. The fourth-order valence-electron chi connectivity index (χ4n) is 4.18. The Morgan fingerprint density at radius 1 is 1.26 bits per heavy atom. The van der Waals surface area contributed by atoms with Crippen molar-refractivity contribution in [1.29, 1.82) is 0 Å². The van der Waals surface area contributed by atoms with Crippen molar-refractivity contribution in [2.24, 2.45) is 5.92 Å². The Morgan fingerprint density at radius 2 is 2.07 bits per heavy atom. The quantitative estimate of drug-likeness (QED) is 0.862. The zero-order valence-corrected chi connectivity index (χ0v) is 15.9. The van der Waals surface area contributed by atoms with Crippen LogP contribution in [0.25, 0.3) is 0 Å². The predicted octanol–water partition coefficient (Wildman–Crippen LogP) is 2.04. The highest BCUT2D eigenvalue weighted by Gasteiger charge is 2.48. The minimum Gasteiger partial charge on any atom is -0.379 e. The lowest BCUT2D eigenvalue weighted by atomic mass is 9.95. The number of carbonyl (C=O) groups excluding carboxylic acids is 2. The minimum absolute atomic E-state index is 0.0710. The lowest BCUT2D eigenvalue weighted by Gasteiger charge is -2.40. The number of nitrogens with zero attached hydrogens (tertiary/aromatic N) is 2. The monoisotopic (exact) mass is 371 g/mol. The van der Waals surface area contributed by atoms with E-state index in [0.29, 0.717) is 45.2 Å². The number of rotatable bonds is 5. The van der Waals surface area contributed by atoms with Gasteiger partial charge in [-0.2, -0.15) is 0 Å². The van der Waals surface area contributed by atoms with Gasteiger partial charge in [-0.15, -0.1) is 0 Å². The first-order valence-corrected chi connectivity index (χ1v) is 10.1. The third kappa shape index (κ3) is 4.26. The van der Waals surface area contributed by atoms with Crippen LogP contribution < -0.4 is 5.32 Å². The number of carbonyl (C=O) groups is 2. The number of amides is 3. The summed E-state index contributed by atoms with van der Waals surface area (Å²) in [5, 5.41) is 3.03. The fraction of sp³-hybridized carbons (Fsp3) is 0.619. The van der Waals surface area contributed by atoms with Gasteiger partial charge in [0.15, 0.2) is 0 Å². The van der Waals surface area contributed by atoms with E-state index in [2.05, 4.69) is 22.3 Å². The van der Waals surface area contributed by atoms with Gasteiger partial charge < -0.3 is 19.9 Å². The zero-order valence-electron chi connectivity index (χ0n) is 15.9. The molecule has 1 unspecified atom stereocenters. The summed E-state index contributed by atoms with van der Waals surface area (Å²) in [4.78, 5) is 29.5. The van der Waals surface area contributed by atoms with Crippen LogP contribution >= 0.6 is 0 Å². The minimum atomic E-state index is -0.340. The molecule has 1 atom stereocenters. The van der Waals surface area contributed by atoms with Gasteiger partial charge in [0.1, 0.15) is 0 Å². The molecule has 27 heavy (non-hydrogen) atoms. The summed E-state index contributed by atoms with van der Waals surface area (Å²) < 4.78 is 5.69. The number of nitrogens with one attached hydrogen (secondary N) is 1. The first-order valence-electron chi connectivity index (χ1n) is 10.1. The maximum Gasteiger partial charge on any atom is 0.317 e. The molecule has 2 heterocycles. The van der Waals surface area contributed by atoms with E-state index in [9.17, 15) is 9.59 Å². The van der Waals surface area contributed by atoms with Crippen molar-refractivity contribution in [3.8, 4) is 0 Å². The molecule has 0 bridgehead atoms. The van der Waals surface area contributed by atoms with Gasteiger partial charge in [0, 0.05) is 39.2 Å². The second-order valence-electron chi connectivity index (χ2n) is 8.11. The molecule has 3 fully saturated rings. The van der Waals surface area contributed by atoms with Gasteiger partial charge in [-0.1, -0.05) is 30.3 Å². The van der Waals surface area contributed by atoms with E-state index >= 15 is 0 Å². The summed E-state index contributed by atoms with van der Waals surface area (Å²) in [5.74, 6) is 0.810. The average Bonchev–Trinajstić information content (AvgIpc) is 3.41. The molecule has 2 aliphatic heterocycles. The molecule has 1 N–H and O–H groups in total. The summed E-state index contributed by atoms with van der Waals surface area (Å²) in [5.41, 5.74) is 0.868. The molecule has 4 rings (SSSR count). The Kier molecular flexibility index (Phi) is 5.34. The summed E-state index contributed by atoms with van der Waals surface area (Å²) in [6, 6.07) is 10.1. The van der Waals surface area contributed by atoms with Crippen molar-refractivity contribution in [3.05, 3.63) is 35.9 Å². The molecule has 6 heteroatoms. The maximum atomic E-state index is 12.8. The molecule has 2 saturated heterocycles. The predicted molar refractivity (Wildman–Crippen MR) is 102 cm³/mol. The molecule has 146 valence electrons. The number of benzene rings is 1. The van der Waals surface area contributed by atoms with Gasteiger partial charge in [0.2, 0.25) is 5.91 Å². The van der Waals surface area contributed by atoms with Crippen molar-refractivity contribution in [2.75, 3.05) is 39.4 Å². The normalized spacial score (nSPS) is 25.7. The Morgan fingerprint density at radius 3 is 2.78 bits per heavy atom. The second-order valence-corrected chi connectivity index (χ2v) is 8.11.